The summed E-state index contributed by atoms with van der Waals surface area (Å²) in [6.45, 7) is 7.19. The molecule has 6 aromatic carbocycles. The summed E-state index contributed by atoms with van der Waals surface area (Å²) in [5, 5.41) is 62.5. The van der Waals surface area contributed by atoms with E-state index in [4.69, 9.17) is 95.3 Å². The number of nitriles is 2. The number of aliphatic carboxylic acids is 3. The number of amides is 7. The fourth-order valence-corrected chi connectivity index (χ4v) is 18.5. The largest absolute Gasteiger partial charge is 0.480 e. The van der Waals surface area contributed by atoms with Gasteiger partial charge in [-0.25, -0.2) is 28.7 Å². The monoisotopic (exact) mass is 1850 g/mol. The molecule has 0 spiro atoms. The Morgan fingerprint density at radius 2 is 1.03 bits per heavy atom. The molecule has 6 aliphatic rings. The molecule has 7 amide bonds. The van der Waals surface area contributed by atoms with Crippen LogP contribution in [-0.4, -0.2) is 233 Å². The number of guanidine groups is 2. The van der Waals surface area contributed by atoms with E-state index in [9.17, 15) is 72.7 Å². The smallest absolute Gasteiger partial charge is 0.328 e. The van der Waals surface area contributed by atoms with E-state index in [1.54, 1.807) is 75.6 Å². The standard InChI is InChI=1S/C30H30Cl2N6O5.C29H28Cl2N6O5.C25H25Cl3N4O6S/c1-17-3-2-8-38(14-17)30(35-16-33)34-13-23(29(41)42)36-27(39)25-22(31)11-20-15-37(9-6-21(20)26(25)32)28(40)19-5-4-18-7-10-43-24(18)12-19;1-16-18-6-2-3-7-22(18)42-25(16)27(39)37-11-8-19-17(14-37)12-20(30)23(24(19)31)26(38)35-21(28(40)41)13-33-29(34-15-32)36-9-4-5-10-36;1-39(2,38)32-12-20(33)31(13-32)11-19(25(36)37)29-23(34)21-18(27)9-15-10-30(8-7-17(15)22(21)28)24(35)14-3-5-16(26)6-4-14/h4-5,7,10-12,17,23H,2-3,6,8-9,13-15H2,1H3,(H,34,35)(H,36,39)(H,41,42);2-3,6-7,12,21H,4-5,8-11,13-14H2,1H3,(H,33,34)(H,35,38)(H,40,41);3-6,9,19H,1,7-8,10-13H2,2H3,(H,29,34)(H,36,37)/t17-,23+;21-;19-,39?/m100/s1. The molecule has 0 aliphatic carbocycles. The highest BCUT2D eigenvalue weighted by molar-refractivity contribution is 7.97. The average Bonchev–Trinajstić information content (AvgIpc) is 1.16. The van der Waals surface area contributed by atoms with Crippen LogP contribution in [0.3, 0.4) is 0 Å². The van der Waals surface area contributed by atoms with E-state index in [1.165, 1.54) is 15.5 Å². The quantitative estimate of drug-likeness (QED) is 0.0123. The predicted octanol–water partition coefficient (Wildman–Crippen LogP) is 10.6. The van der Waals surface area contributed by atoms with Gasteiger partial charge in [0.25, 0.3) is 35.4 Å². The van der Waals surface area contributed by atoms with E-state index in [1.807, 2.05) is 65.5 Å². The summed E-state index contributed by atoms with van der Waals surface area (Å²) in [6, 6.07) is 21.5. The Hall–Kier alpha value is -11.4. The molecule has 124 heavy (non-hydrogen) atoms. The number of rotatable bonds is 19. The number of nitrogens with one attached hydrogen (secondary N) is 5. The van der Waals surface area contributed by atoms with E-state index < -0.39 is 69.4 Å². The molecule has 40 heteroatoms. The number of para-hydroxylation sites is 1. The number of hydrogen-bond acceptors (Lipinski definition) is 17. The second kappa shape index (κ2) is 40.1. The molecule has 5 atom stereocenters. The van der Waals surface area contributed by atoms with Crippen LogP contribution in [0.15, 0.2) is 116 Å². The maximum atomic E-state index is 13.4. The van der Waals surface area contributed by atoms with Crippen LogP contribution < -0.4 is 26.6 Å². The number of likely N-dealkylation sites (tertiary alicyclic amines) is 2. The zero-order chi connectivity index (χ0) is 89.3. The molecule has 3 saturated heterocycles. The minimum atomic E-state index is -2.67. The Bertz CT molecular complexity index is 5870. The van der Waals surface area contributed by atoms with Crippen molar-refractivity contribution in [3.8, 4) is 12.4 Å². The van der Waals surface area contributed by atoms with Gasteiger partial charge in [0.2, 0.25) is 17.8 Å². The molecule has 650 valence electrons. The lowest BCUT2D eigenvalue weighted by atomic mass is 9.96. The Balaban J connectivity index is 0.000000170. The van der Waals surface area contributed by atoms with Gasteiger partial charge in [-0.15, -0.1) is 0 Å². The second-order valence-electron chi connectivity index (χ2n) is 30.4. The number of carboxylic acids is 3. The van der Waals surface area contributed by atoms with Crippen molar-refractivity contribution in [3.05, 3.63) is 205 Å². The summed E-state index contributed by atoms with van der Waals surface area (Å²) in [6.07, 6.45) is 11.6. The average molecular weight is 1850 g/mol. The highest BCUT2D eigenvalue weighted by atomic mass is 35.5. The third-order valence-electron chi connectivity index (χ3n) is 21.9. The number of carbonyl (C=O) groups excluding carboxylic acids is 7. The Morgan fingerprint density at radius 3 is 1.50 bits per heavy atom. The molecule has 1 unspecified atom stereocenters. The van der Waals surface area contributed by atoms with Gasteiger partial charge in [0.05, 0.1) is 85.9 Å². The summed E-state index contributed by atoms with van der Waals surface area (Å²) < 4.78 is 24.8. The lowest BCUT2D eigenvalue weighted by molar-refractivity contribution is -0.141. The summed E-state index contributed by atoms with van der Waals surface area (Å²) in [4.78, 5) is 146. The third-order valence-corrected chi connectivity index (χ3v) is 25.6. The zero-order valence-corrected chi connectivity index (χ0v) is 73.0. The van der Waals surface area contributed by atoms with Crippen LogP contribution in [0.5, 0.6) is 0 Å². The fourth-order valence-electron chi connectivity index (χ4n) is 15.3. The van der Waals surface area contributed by atoms with Crippen LogP contribution in [0.2, 0.25) is 35.2 Å². The van der Waals surface area contributed by atoms with Crippen LogP contribution in [0, 0.1) is 35.8 Å². The van der Waals surface area contributed by atoms with E-state index in [-0.39, 0.29) is 135 Å². The van der Waals surface area contributed by atoms with Crippen molar-refractivity contribution in [1.82, 2.24) is 60.3 Å². The number of hydrogen-bond donors (Lipinski definition) is 8. The number of fused-ring (bicyclic) bond motifs is 5. The van der Waals surface area contributed by atoms with Gasteiger partial charge in [-0.2, -0.15) is 10.5 Å². The van der Waals surface area contributed by atoms with Crippen LogP contribution in [0.1, 0.15) is 134 Å². The Kier molecular flexibility index (Phi) is 29.7. The molecular weight excluding hydrogens is 1770 g/mol. The molecule has 0 saturated carbocycles. The number of carboxylic acid groups (broad SMARTS) is 3. The maximum absolute atomic E-state index is 13.4. The molecule has 6 aliphatic heterocycles. The molecule has 8 aromatic rings. The molecule has 0 bridgehead atoms. The highest BCUT2D eigenvalue weighted by Crippen LogP contribution is 2.40. The van der Waals surface area contributed by atoms with Crippen LogP contribution in [0.25, 0.3) is 21.9 Å². The molecule has 14 rings (SSSR count). The zero-order valence-electron chi connectivity index (χ0n) is 66.9. The van der Waals surface area contributed by atoms with Gasteiger partial charge in [-0.05, 0) is 164 Å². The van der Waals surface area contributed by atoms with Crippen molar-refractivity contribution >= 4 is 190 Å². The van der Waals surface area contributed by atoms with Crippen molar-refractivity contribution in [2.24, 2.45) is 15.9 Å². The number of benzene rings is 6. The second-order valence-corrected chi connectivity index (χ2v) is 35.6. The van der Waals surface area contributed by atoms with Gasteiger partial charge in [0.1, 0.15) is 29.3 Å². The van der Waals surface area contributed by atoms with Crippen LogP contribution in [-0.2, 0) is 67.8 Å². The Morgan fingerprint density at radius 1 is 0.573 bits per heavy atom. The number of aliphatic imine (C=N–C) groups is 2. The minimum absolute atomic E-state index is 0.00705. The van der Waals surface area contributed by atoms with Gasteiger partial charge in [-0.3, -0.25) is 48.4 Å². The topological polar surface area (TPSA) is 430 Å². The first-order chi connectivity index (χ1) is 59.1. The summed E-state index contributed by atoms with van der Waals surface area (Å²) in [5.74, 6) is -2.62. The third kappa shape index (κ3) is 21.2. The van der Waals surface area contributed by atoms with Crippen LogP contribution in [0.4, 0.5) is 0 Å². The summed E-state index contributed by atoms with van der Waals surface area (Å²) >= 11 is 45.3. The van der Waals surface area contributed by atoms with Crippen LogP contribution >= 0.6 is 81.2 Å². The number of nitrogens with zero attached hydrogens (tertiary/aromatic N) is 11. The van der Waals surface area contributed by atoms with Crippen molar-refractivity contribution in [3.63, 3.8) is 0 Å². The highest BCUT2D eigenvalue weighted by Gasteiger charge is 2.39. The molecule has 2 aromatic heterocycles. The van der Waals surface area contributed by atoms with Gasteiger partial charge in [0, 0.05) is 114 Å². The van der Waals surface area contributed by atoms with Crippen molar-refractivity contribution in [2.45, 2.75) is 96.6 Å². The lowest BCUT2D eigenvalue weighted by Crippen LogP contribution is -2.49. The molecule has 3 fully saturated rings. The minimum Gasteiger partial charge on any atom is -0.480 e. The van der Waals surface area contributed by atoms with Crippen molar-refractivity contribution in [1.29, 1.82) is 10.5 Å². The van der Waals surface area contributed by atoms with E-state index >= 15 is 0 Å². The lowest BCUT2D eigenvalue weighted by Gasteiger charge is -2.32. The predicted molar refractivity (Wildman–Crippen MR) is 467 cm³/mol. The number of carbonyl (C=O) groups is 10. The van der Waals surface area contributed by atoms with Gasteiger partial charge in [0.15, 0.2) is 18.1 Å². The first-order valence-electron chi connectivity index (χ1n) is 39.0. The Labute approximate surface area is 746 Å². The van der Waals surface area contributed by atoms with E-state index in [0.29, 0.717) is 132 Å². The first kappa shape index (κ1) is 91.8. The molecule has 8 N–H and O–H groups in total. The SMILES string of the molecule is C=S(C)(=O)N1CC(=O)N(C[C@H](NC(=O)c2c(Cl)cc3c(c2Cl)CCN(C(=O)c2ccc(Cl)cc2)C3)C(=O)O)C1.C[C@@H]1CCCN(C(=NC[C@H](NC(=O)c2c(Cl)cc3c(c2Cl)CCN(C(=O)c2ccc4ccoc4c2)C3)C(=O)O)NC#N)C1.Cc1c(C(=O)N2CCc3c(cc(Cl)c(C(=O)N[C@@H](CN=C(NC#N)N4CCCC4)C(=O)O)c3Cl)C2)oc2ccccc12. The van der Waals surface area contributed by atoms with Gasteiger partial charge >= 0.3 is 17.9 Å². The van der Waals surface area contributed by atoms with Gasteiger partial charge in [-0.1, -0.05) is 112 Å². The number of piperidine rings is 1. The van der Waals surface area contributed by atoms with Gasteiger partial charge < -0.3 is 69.5 Å². The van der Waals surface area contributed by atoms with E-state index in [2.05, 4.69) is 49.4 Å². The maximum Gasteiger partial charge on any atom is 0.328 e. The van der Waals surface area contributed by atoms with Crippen molar-refractivity contribution < 1.29 is 76.3 Å². The normalized spacial score (nSPS) is 17.1. The number of halogens is 7. The number of aryl methyl sites for hydroxylation is 1. The molecule has 32 nitrogen and oxygen atoms in total. The van der Waals surface area contributed by atoms with Crippen molar-refractivity contribution in [2.75, 3.05) is 84.9 Å². The van der Waals surface area contributed by atoms with E-state index in [0.717, 1.165) is 42.0 Å². The molecule has 8 heterocycles. The molecule has 0 radical (unpaired) electrons. The fraction of sp³-hybridized carbons (Fsp3) is 0.345. The molecular formula is C84H83Cl7N16O16S. The summed E-state index contributed by atoms with van der Waals surface area (Å²) in [7, 11) is -2.67. The summed E-state index contributed by atoms with van der Waals surface area (Å²) in [5.41, 5.74) is 6.84. The first-order valence-corrected chi connectivity index (χ1v) is 43.8. The number of furan rings is 2.